The highest BCUT2D eigenvalue weighted by molar-refractivity contribution is 9.10. The predicted molar refractivity (Wildman–Crippen MR) is 77.9 cm³/mol. The second kappa shape index (κ2) is 6.19. The van der Waals surface area contributed by atoms with Crippen molar-refractivity contribution in [3.8, 4) is 0 Å². The molecule has 0 bridgehead atoms. The number of benzene rings is 1. The van der Waals surface area contributed by atoms with E-state index in [0.29, 0.717) is 12.0 Å². The van der Waals surface area contributed by atoms with Gasteiger partial charge in [0.15, 0.2) is 0 Å². The lowest BCUT2D eigenvalue weighted by molar-refractivity contribution is -0.138. The lowest BCUT2D eigenvalue weighted by Gasteiger charge is -2.18. The van der Waals surface area contributed by atoms with Crippen LogP contribution in [0.5, 0.6) is 0 Å². The van der Waals surface area contributed by atoms with Crippen LogP contribution in [0.1, 0.15) is 22.7 Å². The third kappa shape index (κ3) is 3.85. The number of alkyl halides is 3. The smallest absolute Gasteiger partial charge is 0.313 e. The number of halogens is 4. The molecular weight excluding hydrogens is 347 g/mol. The summed E-state index contributed by atoms with van der Waals surface area (Å²) >= 11 is 2.95. The van der Waals surface area contributed by atoms with Crippen LogP contribution in [-0.4, -0.2) is 16.8 Å². The maximum absolute atomic E-state index is 13.0. The van der Waals surface area contributed by atoms with E-state index in [1.54, 1.807) is 31.0 Å². The first-order valence-corrected chi connectivity index (χ1v) is 7.12. The Morgan fingerprint density at radius 3 is 2.62 bits per heavy atom. The van der Waals surface area contributed by atoms with Gasteiger partial charge >= 0.3 is 6.18 Å². The van der Waals surface area contributed by atoms with Crippen molar-refractivity contribution in [2.45, 2.75) is 18.6 Å². The molecule has 0 aliphatic rings. The summed E-state index contributed by atoms with van der Waals surface area (Å²) in [5, 5.41) is 7.12. The molecule has 1 aromatic heterocycles. The summed E-state index contributed by atoms with van der Waals surface area (Å²) in [4.78, 5) is 0. The minimum atomic E-state index is -4.37. The summed E-state index contributed by atoms with van der Waals surface area (Å²) in [7, 11) is 3.54. The molecule has 2 aromatic rings. The van der Waals surface area contributed by atoms with Crippen LogP contribution in [0, 0.1) is 0 Å². The Bertz CT molecular complexity index is 622. The molecule has 1 atom stereocenters. The second-order valence-electron chi connectivity index (χ2n) is 4.80. The largest absolute Gasteiger partial charge is 0.417 e. The van der Waals surface area contributed by atoms with Gasteiger partial charge in [-0.3, -0.25) is 4.68 Å². The van der Waals surface area contributed by atoms with Gasteiger partial charge in [0.1, 0.15) is 0 Å². The molecule has 1 aromatic carbocycles. The van der Waals surface area contributed by atoms with Crippen LogP contribution >= 0.6 is 15.9 Å². The molecule has 1 heterocycles. The normalized spacial score (nSPS) is 13.4. The number of likely N-dealkylation sites (N-methyl/N-ethyl adjacent to an activating group) is 1. The Labute approximate surface area is 129 Å². The van der Waals surface area contributed by atoms with Crippen LogP contribution in [0.3, 0.4) is 0 Å². The second-order valence-corrected chi connectivity index (χ2v) is 5.66. The summed E-state index contributed by atoms with van der Waals surface area (Å²) in [5.41, 5.74) is 0.900. The fourth-order valence-corrected chi connectivity index (χ4v) is 2.65. The van der Waals surface area contributed by atoms with Crippen LogP contribution < -0.4 is 5.32 Å². The molecule has 1 N–H and O–H groups in total. The molecule has 114 valence electrons. The van der Waals surface area contributed by atoms with Crippen LogP contribution in [0.2, 0.25) is 0 Å². The molecular formula is C14H15BrF3N3. The molecule has 7 heteroatoms. The fourth-order valence-electron chi connectivity index (χ4n) is 2.18. The van der Waals surface area contributed by atoms with E-state index < -0.39 is 11.7 Å². The zero-order valence-corrected chi connectivity index (χ0v) is 13.2. The van der Waals surface area contributed by atoms with Gasteiger partial charge in [0.05, 0.1) is 11.8 Å². The average Bonchev–Trinajstić information content (AvgIpc) is 2.81. The van der Waals surface area contributed by atoms with Crippen LogP contribution in [-0.2, 0) is 19.6 Å². The van der Waals surface area contributed by atoms with Crippen molar-refractivity contribution in [1.82, 2.24) is 15.1 Å². The van der Waals surface area contributed by atoms with Gasteiger partial charge < -0.3 is 5.32 Å². The van der Waals surface area contributed by atoms with Crippen molar-refractivity contribution in [3.05, 3.63) is 51.8 Å². The average molecular weight is 362 g/mol. The van der Waals surface area contributed by atoms with Crippen LogP contribution in [0.25, 0.3) is 0 Å². The van der Waals surface area contributed by atoms with Gasteiger partial charge in [-0.2, -0.15) is 18.3 Å². The van der Waals surface area contributed by atoms with E-state index in [9.17, 15) is 13.2 Å². The summed E-state index contributed by atoms with van der Waals surface area (Å²) < 4.78 is 40.6. The molecule has 0 saturated carbocycles. The van der Waals surface area contributed by atoms with Gasteiger partial charge in [-0.05, 0) is 36.7 Å². The maximum Gasteiger partial charge on any atom is 0.417 e. The molecule has 0 amide bonds. The summed E-state index contributed by atoms with van der Waals surface area (Å²) in [6.45, 7) is 0. The SMILES string of the molecule is CNC(Cc1cnn(C)c1)c1ccc(Br)c(C(F)(F)F)c1. The minimum Gasteiger partial charge on any atom is -0.313 e. The van der Waals surface area contributed by atoms with Gasteiger partial charge in [-0.25, -0.2) is 0 Å². The molecule has 0 saturated heterocycles. The monoisotopic (exact) mass is 361 g/mol. The molecule has 0 spiro atoms. The van der Waals surface area contributed by atoms with Gasteiger partial charge in [0.25, 0.3) is 0 Å². The number of hydrogen-bond donors (Lipinski definition) is 1. The van der Waals surface area contributed by atoms with Crippen molar-refractivity contribution in [1.29, 1.82) is 0 Å². The minimum absolute atomic E-state index is 0.0509. The molecule has 3 nitrogen and oxygen atoms in total. The summed E-state index contributed by atoms with van der Waals surface area (Å²) in [6, 6.07) is 4.10. The first kappa shape index (κ1) is 16.0. The maximum atomic E-state index is 13.0. The van der Waals surface area contributed by atoms with Crippen molar-refractivity contribution >= 4 is 15.9 Å². The van der Waals surface area contributed by atoms with E-state index in [4.69, 9.17) is 0 Å². The number of nitrogens with zero attached hydrogens (tertiary/aromatic N) is 2. The lowest BCUT2D eigenvalue weighted by atomic mass is 9.99. The van der Waals surface area contributed by atoms with Crippen molar-refractivity contribution in [2.24, 2.45) is 7.05 Å². The molecule has 0 aliphatic heterocycles. The molecule has 0 fully saturated rings. The van der Waals surface area contributed by atoms with E-state index in [1.807, 2.05) is 6.20 Å². The molecule has 0 aliphatic carbocycles. The number of rotatable bonds is 4. The van der Waals surface area contributed by atoms with E-state index in [0.717, 1.165) is 5.56 Å². The topological polar surface area (TPSA) is 29.9 Å². The van der Waals surface area contributed by atoms with Crippen molar-refractivity contribution < 1.29 is 13.2 Å². The summed E-state index contributed by atoms with van der Waals surface area (Å²) in [6.07, 6.45) is -0.230. The van der Waals surface area contributed by atoms with E-state index >= 15 is 0 Å². The highest BCUT2D eigenvalue weighted by Crippen LogP contribution is 2.36. The quantitative estimate of drug-likeness (QED) is 0.899. The molecule has 21 heavy (non-hydrogen) atoms. The predicted octanol–water partition coefficient (Wildman–Crippen LogP) is 3.70. The van der Waals surface area contributed by atoms with E-state index in [2.05, 4.69) is 26.3 Å². The van der Waals surface area contributed by atoms with E-state index in [1.165, 1.54) is 12.1 Å². The Hall–Kier alpha value is -1.34. The first-order chi connectivity index (χ1) is 9.81. The third-order valence-corrected chi connectivity index (χ3v) is 3.94. The molecule has 1 unspecified atom stereocenters. The highest BCUT2D eigenvalue weighted by Gasteiger charge is 2.33. The van der Waals surface area contributed by atoms with Crippen molar-refractivity contribution in [2.75, 3.05) is 7.05 Å². The van der Waals surface area contributed by atoms with Crippen molar-refractivity contribution in [3.63, 3.8) is 0 Å². The third-order valence-electron chi connectivity index (χ3n) is 3.24. The molecule has 0 radical (unpaired) electrons. The zero-order chi connectivity index (χ0) is 15.6. The Balaban J connectivity index is 2.30. The van der Waals surface area contributed by atoms with E-state index in [-0.39, 0.29) is 10.5 Å². The fraction of sp³-hybridized carbons (Fsp3) is 0.357. The number of nitrogens with one attached hydrogen (secondary N) is 1. The van der Waals surface area contributed by atoms with Gasteiger partial charge in [0.2, 0.25) is 0 Å². The molecule has 2 rings (SSSR count). The Kier molecular flexibility index (Phi) is 4.73. The number of hydrogen-bond acceptors (Lipinski definition) is 2. The Morgan fingerprint density at radius 1 is 1.38 bits per heavy atom. The first-order valence-electron chi connectivity index (χ1n) is 6.32. The van der Waals surface area contributed by atoms with Gasteiger partial charge in [-0.1, -0.05) is 22.0 Å². The van der Waals surface area contributed by atoms with Gasteiger partial charge in [-0.15, -0.1) is 0 Å². The number of aryl methyl sites for hydroxylation is 1. The van der Waals surface area contributed by atoms with Crippen LogP contribution in [0.15, 0.2) is 35.1 Å². The standard InChI is InChI=1S/C14H15BrF3N3/c1-19-13(5-9-7-20-21(2)8-9)10-3-4-12(15)11(6-10)14(16,17)18/h3-4,6-8,13,19H,5H2,1-2H3. The number of aromatic nitrogens is 2. The van der Waals surface area contributed by atoms with Crippen LogP contribution in [0.4, 0.5) is 13.2 Å². The highest BCUT2D eigenvalue weighted by atomic mass is 79.9. The summed E-state index contributed by atoms with van der Waals surface area (Å²) in [5.74, 6) is 0. The zero-order valence-electron chi connectivity index (χ0n) is 11.6. The van der Waals surface area contributed by atoms with Gasteiger partial charge in [0, 0.05) is 23.8 Å². The lowest BCUT2D eigenvalue weighted by Crippen LogP contribution is -2.19. The Morgan fingerprint density at radius 2 is 2.10 bits per heavy atom.